The van der Waals surface area contributed by atoms with E-state index in [1.807, 2.05) is 19.1 Å². The van der Waals surface area contributed by atoms with Crippen LogP contribution in [0.3, 0.4) is 0 Å². The van der Waals surface area contributed by atoms with Crippen LogP contribution in [0.5, 0.6) is 0 Å². The van der Waals surface area contributed by atoms with Crippen molar-refractivity contribution < 1.29 is 9.50 Å². The van der Waals surface area contributed by atoms with Crippen LogP contribution < -0.4 is 0 Å². The van der Waals surface area contributed by atoms with E-state index in [4.69, 9.17) is 0 Å². The Balaban J connectivity index is 1.94. The molecule has 1 aromatic carbocycles. The highest BCUT2D eigenvalue weighted by molar-refractivity contribution is 5.17. The molecule has 0 spiro atoms. The van der Waals surface area contributed by atoms with Crippen LogP contribution in [-0.4, -0.2) is 35.2 Å². The predicted octanol–water partition coefficient (Wildman–Crippen LogP) is 2.60. The summed E-state index contributed by atoms with van der Waals surface area (Å²) in [6.45, 7) is 3.70. The number of rotatable bonds is 4. The lowest BCUT2D eigenvalue weighted by atomic mass is 9.97. The number of hydrogen-bond donors (Lipinski definition) is 1. The Morgan fingerprint density at radius 3 is 2.89 bits per heavy atom. The molecule has 2 nitrogen and oxygen atoms in total. The Hall–Kier alpha value is -0.930. The molecule has 0 aliphatic carbocycles. The van der Waals surface area contributed by atoms with Crippen molar-refractivity contribution in [3.8, 4) is 0 Å². The molecule has 1 aromatic rings. The fourth-order valence-corrected chi connectivity index (χ4v) is 2.81. The van der Waals surface area contributed by atoms with E-state index >= 15 is 0 Å². The fourth-order valence-electron chi connectivity index (χ4n) is 2.81. The van der Waals surface area contributed by atoms with Crippen molar-refractivity contribution in [3.63, 3.8) is 0 Å². The third-order valence-electron chi connectivity index (χ3n) is 3.85. The average Bonchev–Trinajstić information content (AvgIpc) is 2.38. The van der Waals surface area contributed by atoms with Crippen molar-refractivity contribution >= 4 is 0 Å². The summed E-state index contributed by atoms with van der Waals surface area (Å²) in [5.74, 6) is -0.122. The average molecular weight is 251 g/mol. The molecular formula is C15H22FNO. The number of likely N-dealkylation sites (tertiary alicyclic amines) is 1. The highest BCUT2D eigenvalue weighted by atomic mass is 19.1. The quantitative estimate of drug-likeness (QED) is 0.889. The number of benzene rings is 1. The van der Waals surface area contributed by atoms with Crippen LogP contribution in [0.4, 0.5) is 4.39 Å². The topological polar surface area (TPSA) is 23.5 Å². The van der Waals surface area contributed by atoms with E-state index in [0.717, 1.165) is 31.5 Å². The van der Waals surface area contributed by atoms with Gasteiger partial charge in [0.05, 0.1) is 6.10 Å². The Bertz CT molecular complexity index is 381. The second-order valence-corrected chi connectivity index (χ2v) is 5.18. The minimum Gasteiger partial charge on any atom is -0.392 e. The van der Waals surface area contributed by atoms with E-state index in [0.29, 0.717) is 0 Å². The summed E-state index contributed by atoms with van der Waals surface area (Å²) in [5.41, 5.74) is 0.771. The molecule has 1 N–H and O–H groups in total. The molecule has 0 bridgehead atoms. The number of aliphatic hydroxyl groups excluding tert-OH is 1. The number of aliphatic hydroxyl groups is 1. The van der Waals surface area contributed by atoms with Crippen molar-refractivity contribution in [2.45, 2.75) is 44.8 Å². The molecule has 1 fully saturated rings. The lowest BCUT2D eigenvalue weighted by Crippen LogP contribution is -2.46. The largest absolute Gasteiger partial charge is 0.392 e. The van der Waals surface area contributed by atoms with Gasteiger partial charge >= 0.3 is 0 Å². The first-order valence-electron chi connectivity index (χ1n) is 6.84. The SMILES string of the molecule is CC(O)C1CCCCN1CCc1ccccc1F. The molecule has 2 atom stereocenters. The molecule has 1 aliphatic rings. The van der Waals surface area contributed by atoms with Gasteiger partial charge in [0, 0.05) is 12.6 Å². The van der Waals surface area contributed by atoms with Crippen LogP contribution in [0.25, 0.3) is 0 Å². The van der Waals surface area contributed by atoms with E-state index in [1.165, 1.54) is 18.9 Å². The van der Waals surface area contributed by atoms with Gasteiger partial charge in [-0.05, 0) is 44.4 Å². The van der Waals surface area contributed by atoms with Gasteiger partial charge in [0.2, 0.25) is 0 Å². The summed E-state index contributed by atoms with van der Waals surface area (Å²) in [4.78, 5) is 2.31. The zero-order valence-electron chi connectivity index (χ0n) is 11.0. The molecule has 2 rings (SSSR count). The summed E-state index contributed by atoms with van der Waals surface area (Å²) in [7, 11) is 0. The van der Waals surface area contributed by atoms with Crippen LogP contribution in [0.1, 0.15) is 31.7 Å². The van der Waals surface area contributed by atoms with Crippen molar-refractivity contribution in [3.05, 3.63) is 35.6 Å². The predicted molar refractivity (Wildman–Crippen MR) is 71.0 cm³/mol. The van der Waals surface area contributed by atoms with Gasteiger partial charge in [-0.15, -0.1) is 0 Å². The Kier molecular flexibility index (Phi) is 4.72. The summed E-state index contributed by atoms with van der Waals surface area (Å²) >= 11 is 0. The normalized spacial score (nSPS) is 22.9. The van der Waals surface area contributed by atoms with Crippen LogP contribution in [0.2, 0.25) is 0 Å². The van der Waals surface area contributed by atoms with Gasteiger partial charge in [-0.1, -0.05) is 24.6 Å². The number of piperidine rings is 1. The molecule has 0 radical (unpaired) electrons. The summed E-state index contributed by atoms with van der Waals surface area (Å²) in [6, 6.07) is 7.19. The number of nitrogens with zero attached hydrogens (tertiary/aromatic N) is 1. The minimum atomic E-state index is -0.300. The lowest BCUT2D eigenvalue weighted by molar-refractivity contribution is 0.0371. The van der Waals surface area contributed by atoms with Gasteiger partial charge in [-0.3, -0.25) is 4.90 Å². The standard InChI is InChI=1S/C15H22FNO/c1-12(18)15-8-4-5-10-17(15)11-9-13-6-2-3-7-14(13)16/h2-3,6-7,12,15,18H,4-5,8-11H2,1H3. The maximum atomic E-state index is 13.5. The van der Waals surface area contributed by atoms with E-state index in [-0.39, 0.29) is 18.0 Å². The van der Waals surface area contributed by atoms with Gasteiger partial charge in [-0.2, -0.15) is 0 Å². The minimum absolute atomic E-state index is 0.122. The molecule has 1 heterocycles. The molecular weight excluding hydrogens is 229 g/mol. The Morgan fingerprint density at radius 2 is 2.17 bits per heavy atom. The third kappa shape index (κ3) is 3.30. The first kappa shape index (κ1) is 13.5. The van der Waals surface area contributed by atoms with Crippen molar-refractivity contribution in [1.82, 2.24) is 4.90 Å². The maximum Gasteiger partial charge on any atom is 0.126 e. The maximum absolute atomic E-state index is 13.5. The molecule has 100 valence electrons. The van der Waals surface area contributed by atoms with Gasteiger partial charge in [0.1, 0.15) is 5.82 Å². The molecule has 1 aliphatic heterocycles. The van der Waals surface area contributed by atoms with Crippen LogP contribution in [0.15, 0.2) is 24.3 Å². The summed E-state index contributed by atoms with van der Waals surface area (Å²) in [5, 5.41) is 9.78. The van der Waals surface area contributed by atoms with E-state index in [9.17, 15) is 9.50 Å². The van der Waals surface area contributed by atoms with Gasteiger partial charge in [0.15, 0.2) is 0 Å². The highest BCUT2D eigenvalue weighted by Gasteiger charge is 2.25. The summed E-state index contributed by atoms with van der Waals surface area (Å²) < 4.78 is 13.5. The fraction of sp³-hybridized carbons (Fsp3) is 0.600. The Labute approximate surface area is 108 Å². The molecule has 1 saturated heterocycles. The van der Waals surface area contributed by atoms with Crippen molar-refractivity contribution in [2.24, 2.45) is 0 Å². The van der Waals surface area contributed by atoms with Crippen LogP contribution in [0, 0.1) is 5.82 Å². The molecule has 3 heteroatoms. The van der Waals surface area contributed by atoms with Gasteiger partial charge in [0.25, 0.3) is 0 Å². The van der Waals surface area contributed by atoms with E-state index in [2.05, 4.69) is 4.90 Å². The van der Waals surface area contributed by atoms with Crippen molar-refractivity contribution in [2.75, 3.05) is 13.1 Å². The summed E-state index contributed by atoms with van der Waals surface area (Å²) in [6.07, 6.45) is 3.84. The van der Waals surface area contributed by atoms with Crippen LogP contribution >= 0.6 is 0 Å². The van der Waals surface area contributed by atoms with Crippen molar-refractivity contribution in [1.29, 1.82) is 0 Å². The number of halogens is 1. The molecule has 18 heavy (non-hydrogen) atoms. The molecule has 2 unspecified atom stereocenters. The zero-order valence-corrected chi connectivity index (χ0v) is 11.0. The highest BCUT2D eigenvalue weighted by Crippen LogP contribution is 2.20. The monoisotopic (exact) mass is 251 g/mol. The second-order valence-electron chi connectivity index (χ2n) is 5.18. The number of hydrogen-bond acceptors (Lipinski definition) is 2. The zero-order chi connectivity index (χ0) is 13.0. The Morgan fingerprint density at radius 1 is 1.39 bits per heavy atom. The lowest BCUT2D eigenvalue weighted by Gasteiger charge is -2.37. The molecule has 0 aromatic heterocycles. The van der Waals surface area contributed by atoms with E-state index < -0.39 is 0 Å². The molecule has 0 saturated carbocycles. The molecule has 0 amide bonds. The first-order valence-corrected chi connectivity index (χ1v) is 6.84. The third-order valence-corrected chi connectivity index (χ3v) is 3.85. The second kappa shape index (κ2) is 6.30. The van der Waals surface area contributed by atoms with Crippen LogP contribution in [-0.2, 0) is 6.42 Å². The van der Waals surface area contributed by atoms with Gasteiger partial charge < -0.3 is 5.11 Å². The van der Waals surface area contributed by atoms with Gasteiger partial charge in [-0.25, -0.2) is 4.39 Å². The smallest absolute Gasteiger partial charge is 0.126 e. The van der Waals surface area contributed by atoms with E-state index in [1.54, 1.807) is 6.07 Å². The first-order chi connectivity index (χ1) is 8.68.